The molecule has 108 valence electrons. The highest BCUT2D eigenvalue weighted by atomic mass is 32.2. The van der Waals surface area contributed by atoms with Crippen LogP contribution in [0.2, 0.25) is 0 Å². The van der Waals surface area contributed by atoms with Crippen molar-refractivity contribution in [3.63, 3.8) is 0 Å². The predicted molar refractivity (Wildman–Crippen MR) is 82.0 cm³/mol. The number of carbonyl (C=O) groups excluding carboxylic acids is 1. The molecule has 1 heterocycles. The molecule has 3 rings (SSSR count). The average molecular weight is 290 g/mol. The molecule has 1 saturated carbocycles. The minimum Gasteiger partial charge on any atom is -0.294 e. The standard InChI is InChI=1S/C16H22N2OS/c1-16(2)7-13-12(14(19)8-16)9-17-15(18-13)10-20-11-5-3-4-6-11/h9,11H,3-8,10H2,1-2H3. The molecule has 2 aliphatic rings. The van der Waals surface area contributed by atoms with Crippen molar-refractivity contribution in [2.45, 2.75) is 63.4 Å². The van der Waals surface area contributed by atoms with Crippen LogP contribution in [0.1, 0.15) is 67.8 Å². The Bertz CT molecular complexity index is 521. The lowest BCUT2D eigenvalue weighted by atomic mass is 9.76. The van der Waals surface area contributed by atoms with E-state index in [1.54, 1.807) is 6.20 Å². The summed E-state index contributed by atoms with van der Waals surface area (Å²) in [6, 6.07) is 0. The topological polar surface area (TPSA) is 42.9 Å². The van der Waals surface area contributed by atoms with E-state index in [2.05, 4.69) is 23.8 Å². The van der Waals surface area contributed by atoms with Gasteiger partial charge in [-0.15, -0.1) is 0 Å². The number of hydrogen-bond donors (Lipinski definition) is 0. The Morgan fingerprint density at radius 3 is 2.80 bits per heavy atom. The summed E-state index contributed by atoms with van der Waals surface area (Å²) in [7, 11) is 0. The third kappa shape index (κ3) is 3.05. The summed E-state index contributed by atoms with van der Waals surface area (Å²) in [6.07, 6.45) is 8.65. The third-order valence-corrected chi connectivity index (χ3v) is 5.62. The summed E-state index contributed by atoms with van der Waals surface area (Å²) in [6.45, 7) is 4.28. The van der Waals surface area contributed by atoms with Gasteiger partial charge in [0, 0.05) is 17.9 Å². The number of ketones is 1. The number of thioether (sulfide) groups is 1. The summed E-state index contributed by atoms with van der Waals surface area (Å²) in [5, 5.41) is 0.785. The first-order chi connectivity index (χ1) is 9.53. The summed E-state index contributed by atoms with van der Waals surface area (Å²) >= 11 is 1.98. The molecule has 0 atom stereocenters. The highest BCUT2D eigenvalue weighted by Gasteiger charge is 2.32. The van der Waals surface area contributed by atoms with E-state index in [1.165, 1.54) is 25.7 Å². The van der Waals surface area contributed by atoms with Gasteiger partial charge in [-0.05, 0) is 24.7 Å². The van der Waals surface area contributed by atoms with Crippen molar-refractivity contribution in [3.8, 4) is 0 Å². The van der Waals surface area contributed by atoms with Crippen molar-refractivity contribution in [2.75, 3.05) is 0 Å². The van der Waals surface area contributed by atoms with Crippen LogP contribution in [-0.4, -0.2) is 21.0 Å². The quantitative estimate of drug-likeness (QED) is 0.849. The molecule has 0 amide bonds. The molecule has 0 aliphatic heterocycles. The van der Waals surface area contributed by atoms with Gasteiger partial charge in [0.1, 0.15) is 5.82 Å². The van der Waals surface area contributed by atoms with Crippen LogP contribution < -0.4 is 0 Å². The molecule has 0 spiro atoms. The SMILES string of the molecule is CC1(C)CC(=O)c2cnc(CSC3CCCC3)nc2C1. The third-order valence-electron chi connectivity index (χ3n) is 4.25. The zero-order chi connectivity index (χ0) is 14.2. The highest BCUT2D eigenvalue weighted by Crippen LogP contribution is 2.34. The molecule has 0 unspecified atom stereocenters. The van der Waals surface area contributed by atoms with Gasteiger partial charge in [-0.25, -0.2) is 9.97 Å². The van der Waals surface area contributed by atoms with E-state index in [0.717, 1.165) is 34.5 Å². The fourth-order valence-corrected chi connectivity index (χ4v) is 4.38. The fraction of sp³-hybridized carbons (Fsp3) is 0.688. The number of fused-ring (bicyclic) bond motifs is 1. The second-order valence-electron chi connectivity index (χ2n) is 6.81. The Hall–Kier alpha value is -0.900. The number of rotatable bonds is 3. The molecule has 0 N–H and O–H groups in total. The molecular weight excluding hydrogens is 268 g/mol. The van der Waals surface area contributed by atoms with Gasteiger partial charge >= 0.3 is 0 Å². The van der Waals surface area contributed by atoms with E-state index in [0.29, 0.717) is 6.42 Å². The fourth-order valence-electron chi connectivity index (χ4n) is 3.19. The predicted octanol–water partition coefficient (Wildman–Crippen LogP) is 3.81. The normalized spacial score (nSPS) is 22.0. The maximum absolute atomic E-state index is 12.1. The Morgan fingerprint density at radius 1 is 1.30 bits per heavy atom. The minimum atomic E-state index is 0.0360. The van der Waals surface area contributed by atoms with Crippen LogP contribution in [-0.2, 0) is 12.2 Å². The monoisotopic (exact) mass is 290 g/mol. The maximum Gasteiger partial charge on any atom is 0.166 e. The molecule has 2 aliphatic carbocycles. The van der Waals surface area contributed by atoms with Gasteiger partial charge < -0.3 is 0 Å². The first-order valence-electron chi connectivity index (χ1n) is 7.53. The minimum absolute atomic E-state index is 0.0360. The van der Waals surface area contributed by atoms with E-state index < -0.39 is 0 Å². The first kappa shape index (κ1) is 14.1. The van der Waals surface area contributed by atoms with Crippen molar-refractivity contribution in [1.82, 2.24) is 9.97 Å². The van der Waals surface area contributed by atoms with Gasteiger partial charge in [0.15, 0.2) is 5.78 Å². The highest BCUT2D eigenvalue weighted by molar-refractivity contribution is 7.99. The number of hydrogen-bond acceptors (Lipinski definition) is 4. The molecule has 1 fully saturated rings. The van der Waals surface area contributed by atoms with Crippen molar-refractivity contribution in [2.24, 2.45) is 5.41 Å². The van der Waals surface area contributed by atoms with E-state index in [9.17, 15) is 4.79 Å². The molecule has 0 saturated heterocycles. The van der Waals surface area contributed by atoms with E-state index in [-0.39, 0.29) is 11.2 Å². The summed E-state index contributed by atoms with van der Waals surface area (Å²) in [4.78, 5) is 21.2. The number of nitrogens with zero attached hydrogens (tertiary/aromatic N) is 2. The molecule has 20 heavy (non-hydrogen) atoms. The number of carbonyl (C=O) groups is 1. The summed E-state index contributed by atoms with van der Waals surface area (Å²) in [5.74, 6) is 1.98. The van der Waals surface area contributed by atoms with E-state index in [1.807, 2.05) is 11.8 Å². The van der Waals surface area contributed by atoms with Crippen LogP contribution in [0.25, 0.3) is 0 Å². The van der Waals surface area contributed by atoms with Crippen LogP contribution in [0.4, 0.5) is 0 Å². The Kier molecular flexibility index (Phi) is 3.85. The second kappa shape index (κ2) is 5.47. The van der Waals surface area contributed by atoms with Crippen molar-refractivity contribution in [3.05, 3.63) is 23.3 Å². The Morgan fingerprint density at radius 2 is 2.05 bits per heavy atom. The molecule has 0 aromatic carbocycles. The Labute approximate surface area is 125 Å². The molecule has 1 aromatic rings. The molecule has 0 radical (unpaired) electrons. The smallest absolute Gasteiger partial charge is 0.166 e. The number of aromatic nitrogens is 2. The molecular formula is C16H22N2OS. The maximum atomic E-state index is 12.1. The van der Waals surface area contributed by atoms with Crippen LogP contribution >= 0.6 is 11.8 Å². The number of Topliss-reactive ketones (excluding diaryl/α,β-unsaturated/α-hetero) is 1. The van der Waals surface area contributed by atoms with Crippen LogP contribution in [0.5, 0.6) is 0 Å². The zero-order valence-corrected chi connectivity index (χ0v) is 13.1. The van der Waals surface area contributed by atoms with E-state index in [4.69, 9.17) is 0 Å². The largest absolute Gasteiger partial charge is 0.294 e. The van der Waals surface area contributed by atoms with Gasteiger partial charge in [-0.1, -0.05) is 26.7 Å². The average Bonchev–Trinajstić information content (AvgIpc) is 2.87. The van der Waals surface area contributed by atoms with Crippen molar-refractivity contribution < 1.29 is 4.79 Å². The molecule has 4 heteroatoms. The van der Waals surface area contributed by atoms with Gasteiger partial charge in [0.25, 0.3) is 0 Å². The van der Waals surface area contributed by atoms with E-state index >= 15 is 0 Å². The van der Waals surface area contributed by atoms with Crippen molar-refractivity contribution in [1.29, 1.82) is 0 Å². The van der Waals surface area contributed by atoms with Crippen LogP contribution in [0.3, 0.4) is 0 Å². The van der Waals surface area contributed by atoms with Crippen LogP contribution in [0.15, 0.2) is 6.20 Å². The lowest BCUT2D eigenvalue weighted by molar-refractivity contribution is 0.0909. The van der Waals surface area contributed by atoms with Gasteiger partial charge in [0.05, 0.1) is 17.0 Å². The van der Waals surface area contributed by atoms with Crippen LogP contribution in [0, 0.1) is 5.41 Å². The summed E-state index contributed by atoms with van der Waals surface area (Å²) in [5.41, 5.74) is 1.75. The lowest BCUT2D eigenvalue weighted by Crippen LogP contribution is -2.28. The van der Waals surface area contributed by atoms with Gasteiger partial charge in [-0.2, -0.15) is 11.8 Å². The molecule has 1 aromatic heterocycles. The lowest BCUT2D eigenvalue weighted by Gasteiger charge is -2.29. The zero-order valence-electron chi connectivity index (χ0n) is 12.3. The van der Waals surface area contributed by atoms with Gasteiger partial charge in [0.2, 0.25) is 0 Å². The summed E-state index contributed by atoms with van der Waals surface area (Å²) < 4.78 is 0. The van der Waals surface area contributed by atoms with Crippen molar-refractivity contribution >= 4 is 17.5 Å². The molecule has 3 nitrogen and oxygen atoms in total. The molecule has 0 bridgehead atoms. The second-order valence-corrected chi connectivity index (χ2v) is 8.09. The Balaban J connectivity index is 1.73. The van der Waals surface area contributed by atoms with Gasteiger partial charge in [-0.3, -0.25) is 4.79 Å². The first-order valence-corrected chi connectivity index (χ1v) is 8.58.